The maximum absolute atomic E-state index is 14.2. The third kappa shape index (κ3) is 17.8. The molecule has 0 bridgehead atoms. The first-order valence-corrected chi connectivity index (χ1v) is 21.5. The van der Waals surface area contributed by atoms with Crippen LogP contribution in [-0.2, 0) is 48.0 Å². The number of amides is 5. The van der Waals surface area contributed by atoms with Gasteiger partial charge in [0.2, 0.25) is 23.6 Å². The average Bonchev–Trinajstić information content (AvgIpc) is 3.93. The lowest BCUT2D eigenvalue weighted by molar-refractivity contribution is -0.142. The number of carboxylic acids is 1. The number of hydrogen-bond donors (Lipinski definition) is 10. The van der Waals surface area contributed by atoms with E-state index in [0.717, 1.165) is 5.56 Å². The topological polar surface area (TPSA) is 282 Å². The molecule has 0 spiro atoms. The minimum absolute atomic E-state index is 0.000714. The van der Waals surface area contributed by atoms with E-state index in [1.807, 2.05) is 51.1 Å². The minimum atomic E-state index is -1.28. The third-order valence-electron chi connectivity index (χ3n) is 10.3. The molecule has 19 heteroatoms. The fourth-order valence-electron chi connectivity index (χ4n) is 6.75. The summed E-state index contributed by atoms with van der Waals surface area (Å²) in [7, 11) is 0. The molecule has 0 saturated carbocycles. The molecule has 0 saturated heterocycles. The molecule has 0 aliphatic heterocycles. The van der Waals surface area contributed by atoms with Crippen molar-refractivity contribution in [1.29, 1.82) is 0 Å². The molecule has 1 unspecified atom stereocenters. The quantitative estimate of drug-likeness (QED) is 0.0586. The van der Waals surface area contributed by atoms with Crippen molar-refractivity contribution in [2.24, 2.45) is 17.8 Å². The number of rotatable bonds is 25. The standard InChI is InChI=1S/C44H68N10O9/c1-10-27(6)37(41(59)52-34(42(60)61)19-30-21-46-24-49-30)54-40(58)36(26(4)5)47-22-35(55)31(16-25(2)3)50-39(57)33(18-29-20-45-23-48-29)51-38(56)32(17-28-14-12-11-13-15-28)53-43(62)63-44(7,8)9/h11-15,20-21,23-27,31-37,47,55H,10,16-19,22H2,1-9H3,(H,45,48)(H,46,49)(H,50,57)(H,51,56)(H,52,59)(H,53,62)(H,54,58)(H,60,61)/t27-,31-,32-,33-,34-,35?,36-,37-/m0/s1. The molecule has 2 heterocycles. The Morgan fingerprint density at radius 1 is 0.714 bits per heavy atom. The second-order valence-corrected chi connectivity index (χ2v) is 17.7. The van der Waals surface area contributed by atoms with E-state index >= 15 is 0 Å². The van der Waals surface area contributed by atoms with Crippen molar-refractivity contribution in [3.05, 3.63) is 72.3 Å². The Morgan fingerprint density at radius 2 is 1.25 bits per heavy atom. The molecular weight excluding hydrogens is 813 g/mol. The number of aliphatic hydroxyl groups excluding tert-OH is 1. The maximum Gasteiger partial charge on any atom is 0.408 e. The zero-order valence-electron chi connectivity index (χ0n) is 37.9. The molecule has 1 aromatic carbocycles. The number of carboxylic acid groups (broad SMARTS) is 1. The lowest BCUT2D eigenvalue weighted by Crippen LogP contribution is -2.60. The van der Waals surface area contributed by atoms with Crippen LogP contribution in [0.2, 0.25) is 0 Å². The van der Waals surface area contributed by atoms with Crippen molar-refractivity contribution < 1.29 is 43.7 Å². The molecule has 8 atom stereocenters. The van der Waals surface area contributed by atoms with E-state index in [1.54, 1.807) is 41.5 Å². The third-order valence-corrected chi connectivity index (χ3v) is 10.3. The monoisotopic (exact) mass is 881 g/mol. The number of nitrogens with zero attached hydrogens (tertiary/aromatic N) is 2. The van der Waals surface area contributed by atoms with Crippen LogP contribution in [0.1, 0.15) is 92.1 Å². The number of ether oxygens (including phenoxy) is 1. The first-order valence-electron chi connectivity index (χ1n) is 21.5. The average molecular weight is 881 g/mol. The van der Waals surface area contributed by atoms with Gasteiger partial charge in [-0.15, -0.1) is 0 Å². The lowest BCUT2D eigenvalue weighted by Gasteiger charge is -2.31. The number of alkyl carbamates (subject to hydrolysis) is 1. The van der Waals surface area contributed by atoms with Crippen molar-refractivity contribution in [3.8, 4) is 0 Å². The van der Waals surface area contributed by atoms with E-state index in [2.05, 4.69) is 51.8 Å². The molecular formula is C44H68N10O9. The van der Waals surface area contributed by atoms with Gasteiger partial charge >= 0.3 is 12.1 Å². The number of aliphatic carboxylic acids is 1. The summed E-state index contributed by atoms with van der Waals surface area (Å²) in [4.78, 5) is 94.3. The predicted molar refractivity (Wildman–Crippen MR) is 235 cm³/mol. The van der Waals surface area contributed by atoms with Gasteiger partial charge in [-0.05, 0) is 50.5 Å². The van der Waals surface area contributed by atoms with Gasteiger partial charge < -0.3 is 56.8 Å². The van der Waals surface area contributed by atoms with Crippen LogP contribution in [0.25, 0.3) is 0 Å². The first-order chi connectivity index (χ1) is 29.7. The van der Waals surface area contributed by atoms with Gasteiger partial charge in [-0.1, -0.05) is 78.3 Å². The van der Waals surface area contributed by atoms with Crippen LogP contribution in [0.3, 0.4) is 0 Å². The van der Waals surface area contributed by atoms with Crippen LogP contribution in [0.5, 0.6) is 0 Å². The summed E-state index contributed by atoms with van der Waals surface area (Å²) in [6, 6.07) is 2.69. The number of carbonyl (C=O) groups is 6. The number of nitrogens with one attached hydrogen (secondary N) is 8. The number of H-pyrrole nitrogens is 2. The zero-order valence-corrected chi connectivity index (χ0v) is 37.9. The fourth-order valence-corrected chi connectivity index (χ4v) is 6.75. The highest BCUT2D eigenvalue weighted by Gasteiger charge is 2.35. The van der Waals surface area contributed by atoms with Crippen LogP contribution in [0, 0.1) is 17.8 Å². The summed E-state index contributed by atoms with van der Waals surface area (Å²) in [5.41, 5.74) is 0.988. The smallest absolute Gasteiger partial charge is 0.408 e. The Bertz CT molecular complexity index is 1880. The first kappa shape index (κ1) is 51.5. The summed E-state index contributed by atoms with van der Waals surface area (Å²) in [5.74, 6) is -4.37. The van der Waals surface area contributed by atoms with Crippen LogP contribution in [-0.4, -0.2) is 120 Å². The molecule has 10 N–H and O–H groups in total. The van der Waals surface area contributed by atoms with E-state index in [9.17, 15) is 39.0 Å². The summed E-state index contributed by atoms with van der Waals surface area (Å²) in [6.45, 7) is 16.0. The van der Waals surface area contributed by atoms with E-state index in [0.29, 0.717) is 24.2 Å². The second-order valence-electron chi connectivity index (χ2n) is 17.7. The van der Waals surface area contributed by atoms with Gasteiger partial charge in [0.25, 0.3) is 0 Å². The Kier molecular flexibility index (Phi) is 20.2. The molecule has 5 amide bonds. The number of benzene rings is 1. The summed E-state index contributed by atoms with van der Waals surface area (Å²) in [6.07, 6.45) is 4.71. The van der Waals surface area contributed by atoms with E-state index in [-0.39, 0.29) is 43.6 Å². The van der Waals surface area contributed by atoms with Gasteiger partial charge in [0, 0.05) is 49.6 Å². The molecule has 3 aromatic rings. The van der Waals surface area contributed by atoms with Gasteiger partial charge in [0.15, 0.2) is 0 Å². The molecule has 0 fully saturated rings. The second kappa shape index (κ2) is 24.7. The molecule has 0 aliphatic carbocycles. The Balaban J connectivity index is 1.78. The maximum atomic E-state index is 14.2. The van der Waals surface area contributed by atoms with Crippen LogP contribution >= 0.6 is 0 Å². The van der Waals surface area contributed by atoms with Gasteiger partial charge in [0.05, 0.1) is 30.8 Å². The Hall–Kier alpha value is -5.82. The van der Waals surface area contributed by atoms with Crippen molar-refractivity contribution in [3.63, 3.8) is 0 Å². The Labute approximate surface area is 369 Å². The van der Waals surface area contributed by atoms with Gasteiger partial charge in [0.1, 0.15) is 29.8 Å². The van der Waals surface area contributed by atoms with E-state index < -0.39 is 83.6 Å². The highest BCUT2D eigenvalue weighted by molar-refractivity contribution is 5.93. The minimum Gasteiger partial charge on any atom is -0.480 e. The normalized spacial score (nSPS) is 15.5. The van der Waals surface area contributed by atoms with Crippen LogP contribution in [0.4, 0.5) is 4.79 Å². The molecule has 0 radical (unpaired) electrons. The van der Waals surface area contributed by atoms with Gasteiger partial charge in [-0.25, -0.2) is 19.6 Å². The summed E-state index contributed by atoms with van der Waals surface area (Å²) < 4.78 is 5.44. The molecule has 2 aromatic heterocycles. The van der Waals surface area contributed by atoms with Crippen LogP contribution < -0.4 is 31.9 Å². The number of aliphatic hydroxyl groups is 1. The van der Waals surface area contributed by atoms with E-state index in [1.165, 1.54) is 25.0 Å². The molecule has 63 heavy (non-hydrogen) atoms. The van der Waals surface area contributed by atoms with Crippen molar-refractivity contribution in [1.82, 2.24) is 51.8 Å². The molecule has 0 aliphatic rings. The molecule has 19 nitrogen and oxygen atoms in total. The number of carbonyl (C=O) groups excluding carboxylic acids is 5. The molecule has 348 valence electrons. The number of aromatic nitrogens is 4. The fraction of sp³-hybridized carbons (Fsp3) is 0.591. The predicted octanol–water partition coefficient (Wildman–Crippen LogP) is 2.15. The van der Waals surface area contributed by atoms with Crippen LogP contribution in [0.15, 0.2) is 55.4 Å². The van der Waals surface area contributed by atoms with Gasteiger partial charge in [-0.3, -0.25) is 19.2 Å². The summed E-state index contributed by atoms with van der Waals surface area (Å²) in [5, 5.41) is 38.3. The van der Waals surface area contributed by atoms with Crippen molar-refractivity contribution in [2.45, 2.75) is 142 Å². The van der Waals surface area contributed by atoms with E-state index in [4.69, 9.17) is 4.74 Å². The Morgan fingerprint density at radius 3 is 1.76 bits per heavy atom. The number of aromatic amines is 2. The number of hydrogen-bond acceptors (Lipinski definition) is 11. The van der Waals surface area contributed by atoms with Crippen molar-refractivity contribution >= 4 is 35.7 Å². The SMILES string of the molecule is CC[C@H](C)[C@H](NC(=O)[C@@H](NCC(O)[C@H](CC(C)C)NC(=O)[C@H](Cc1cnc[nH]1)NC(=O)[C@H](Cc1ccccc1)NC(=O)OC(C)(C)C)C(C)C)C(=O)N[C@@H](Cc1cnc[nH]1)C(=O)O. The zero-order chi connectivity index (χ0) is 46.9. The largest absolute Gasteiger partial charge is 0.480 e. The highest BCUT2D eigenvalue weighted by Crippen LogP contribution is 2.15. The highest BCUT2D eigenvalue weighted by atomic mass is 16.6. The number of imidazole rings is 2. The lowest BCUT2D eigenvalue weighted by atomic mass is 9.95. The van der Waals surface area contributed by atoms with Crippen molar-refractivity contribution in [2.75, 3.05) is 6.54 Å². The molecule has 3 rings (SSSR count). The van der Waals surface area contributed by atoms with Gasteiger partial charge in [-0.2, -0.15) is 0 Å². The summed E-state index contributed by atoms with van der Waals surface area (Å²) >= 11 is 0.